The fourth-order valence-electron chi connectivity index (χ4n) is 1.42. The van der Waals surface area contributed by atoms with Crippen molar-refractivity contribution in [3.8, 4) is 0 Å². The zero-order chi connectivity index (χ0) is 13.0. The van der Waals surface area contributed by atoms with Gasteiger partial charge in [0.2, 0.25) is 5.95 Å². The van der Waals surface area contributed by atoms with Crippen LogP contribution in [0.15, 0.2) is 30.5 Å². The summed E-state index contributed by atoms with van der Waals surface area (Å²) in [5.41, 5.74) is 0.638. The Bertz CT molecular complexity index is 545. The molecule has 0 aliphatic heterocycles. The molecule has 0 amide bonds. The Balaban J connectivity index is 2.04. The summed E-state index contributed by atoms with van der Waals surface area (Å²) in [4.78, 5) is 8.11. The third kappa shape index (κ3) is 2.91. The second-order valence-electron chi connectivity index (χ2n) is 3.62. The molecule has 2 rings (SSSR count). The predicted molar refractivity (Wildman–Crippen MR) is 65.3 cm³/mol. The lowest BCUT2D eigenvalue weighted by Crippen LogP contribution is -2.04. The van der Waals surface area contributed by atoms with Crippen molar-refractivity contribution >= 4 is 11.8 Å². The third-order valence-corrected chi connectivity index (χ3v) is 2.34. The summed E-state index contributed by atoms with van der Waals surface area (Å²) < 4.78 is 25.7. The smallest absolute Gasteiger partial charge is 0.224 e. The lowest BCUT2D eigenvalue weighted by Gasteiger charge is -2.07. The molecular formula is C12H12F2N4. The van der Waals surface area contributed by atoms with Crippen LogP contribution >= 0.6 is 0 Å². The first-order valence-corrected chi connectivity index (χ1v) is 5.37. The number of benzene rings is 1. The Labute approximate surface area is 103 Å². The van der Waals surface area contributed by atoms with E-state index >= 15 is 0 Å². The first kappa shape index (κ1) is 12.2. The van der Waals surface area contributed by atoms with Crippen molar-refractivity contribution in [2.24, 2.45) is 0 Å². The highest BCUT2D eigenvalue weighted by atomic mass is 19.2. The third-order valence-electron chi connectivity index (χ3n) is 2.34. The minimum Gasteiger partial charge on any atom is -0.366 e. The van der Waals surface area contributed by atoms with Gasteiger partial charge in [-0.2, -0.15) is 4.98 Å². The molecule has 6 heteroatoms. The second-order valence-corrected chi connectivity index (χ2v) is 3.62. The molecule has 4 nitrogen and oxygen atoms in total. The molecule has 94 valence electrons. The van der Waals surface area contributed by atoms with Gasteiger partial charge in [0, 0.05) is 19.8 Å². The van der Waals surface area contributed by atoms with E-state index in [9.17, 15) is 8.78 Å². The molecule has 0 aliphatic carbocycles. The van der Waals surface area contributed by atoms with Gasteiger partial charge in [-0.15, -0.1) is 0 Å². The molecule has 0 fully saturated rings. The molecule has 0 bridgehead atoms. The molecule has 0 saturated heterocycles. The van der Waals surface area contributed by atoms with Gasteiger partial charge in [0.05, 0.1) is 0 Å². The monoisotopic (exact) mass is 250 g/mol. The largest absolute Gasteiger partial charge is 0.366 e. The number of nitrogens with one attached hydrogen (secondary N) is 2. The van der Waals surface area contributed by atoms with Crippen LogP contribution in [0.25, 0.3) is 0 Å². The summed E-state index contributed by atoms with van der Waals surface area (Å²) in [5, 5.41) is 5.81. The number of anilines is 2. The summed E-state index contributed by atoms with van der Waals surface area (Å²) in [6, 6.07) is 5.47. The zero-order valence-corrected chi connectivity index (χ0v) is 9.74. The van der Waals surface area contributed by atoms with Crippen LogP contribution in [0.5, 0.6) is 0 Å². The summed E-state index contributed by atoms with van der Waals surface area (Å²) in [6.45, 7) is 0.358. The molecule has 2 aromatic rings. The van der Waals surface area contributed by atoms with Crippen molar-refractivity contribution in [2.75, 3.05) is 17.7 Å². The average molecular weight is 250 g/mol. The van der Waals surface area contributed by atoms with Gasteiger partial charge >= 0.3 is 0 Å². The molecule has 0 saturated carbocycles. The Morgan fingerprint density at radius 3 is 2.72 bits per heavy atom. The van der Waals surface area contributed by atoms with Gasteiger partial charge in [-0.1, -0.05) is 6.07 Å². The van der Waals surface area contributed by atoms with E-state index in [-0.39, 0.29) is 0 Å². The van der Waals surface area contributed by atoms with Crippen molar-refractivity contribution in [2.45, 2.75) is 6.54 Å². The standard InChI is InChI=1S/C12H12F2N4/c1-15-12-16-5-4-11(18-12)17-7-8-2-3-9(13)10(14)6-8/h2-6H,7H2,1H3,(H2,15,16,17,18). The van der Waals surface area contributed by atoms with Crippen LogP contribution < -0.4 is 10.6 Å². The fraction of sp³-hybridized carbons (Fsp3) is 0.167. The van der Waals surface area contributed by atoms with E-state index in [4.69, 9.17) is 0 Å². The number of hydrogen-bond acceptors (Lipinski definition) is 4. The maximum atomic E-state index is 13.0. The van der Waals surface area contributed by atoms with Gasteiger partial charge in [-0.25, -0.2) is 13.8 Å². The topological polar surface area (TPSA) is 49.8 Å². The zero-order valence-electron chi connectivity index (χ0n) is 9.74. The highest BCUT2D eigenvalue weighted by Crippen LogP contribution is 2.11. The highest BCUT2D eigenvalue weighted by Gasteiger charge is 2.03. The lowest BCUT2D eigenvalue weighted by molar-refractivity contribution is 0.507. The van der Waals surface area contributed by atoms with Crippen LogP contribution in [0.4, 0.5) is 20.5 Å². The fourth-order valence-corrected chi connectivity index (χ4v) is 1.42. The van der Waals surface area contributed by atoms with Gasteiger partial charge < -0.3 is 10.6 Å². The van der Waals surface area contributed by atoms with Crippen molar-refractivity contribution in [3.05, 3.63) is 47.7 Å². The Morgan fingerprint density at radius 1 is 1.17 bits per heavy atom. The van der Waals surface area contributed by atoms with Gasteiger partial charge in [-0.3, -0.25) is 0 Å². The van der Waals surface area contributed by atoms with Crippen molar-refractivity contribution in [1.29, 1.82) is 0 Å². The summed E-state index contributed by atoms with van der Waals surface area (Å²) >= 11 is 0. The molecule has 18 heavy (non-hydrogen) atoms. The number of aromatic nitrogens is 2. The maximum absolute atomic E-state index is 13.0. The molecule has 1 aromatic carbocycles. The molecular weight excluding hydrogens is 238 g/mol. The van der Waals surface area contributed by atoms with E-state index in [2.05, 4.69) is 20.6 Å². The first-order chi connectivity index (χ1) is 8.69. The van der Waals surface area contributed by atoms with E-state index in [0.717, 1.165) is 12.1 Å². The second kappa shape index (κ2) is 5.39. The van der Waals surface area contributed by atoms with Crippen molar-refractivity contribution in [3.63, 3.8) is 0 Å². The minimum atomic E-state index is -0.854. The summed E-state index contributed by atoms with van der Waals surface area (Å²) in [6.07, 6.45) is 1.60. The van der Waals surface area contributed by atoms with Crippen molar-refractivity contribution < 1.29 is 8.78 Å². The quantitative estimate of drug-likeness (QED) is 0.874. The molecule has 1 aromatic heterocycles. The summed E-state index contributed by atoms with van der Waals surface area (Å²) in [5.74, 6) is -0.601. The van der Waals surface area contributed by atoms with Crippen LogP contribution in [0.2, 0.25) is 0 Å². The van der Waals surface area contributed by atoms with E-state index in [1.165, 1.54) is 6.07 Å². The number of halogens is 2. The lowest BCUT2D eigenvalue weighted by atomic mass is 10.2. The number of rotatable bonds is 4. The molecule has 2 N–H and O–H groups in total. The number of hydrogen-bond donors (Lipinski definition) is 2. The summed E-state index contributed by atoms with van der Waals surface area (Å²) in [7, 11) is 1.72. The molecule has 0 aliphatic rings. The van der Waals surface area contributed by atoms with Crippen LogP contribution in [0.3, 0.4) is 0 Å². The molecule has 0 spiro atoms. The van der Waals surface area contributed by atoms with Gasteiger partial charge in [0.1, 0.15) is 5.82 Å². The normalized spacial score (nSPS) is 10.2. The highest BCUT2D eigenvalue weighted by molar-refractivity contribution is 5.39. The van der Waals surface area contributed by atoms with Gasteiger partial charge in [0.15, 0.2) is 11.6 Å². The molecule has 0 radical (unpaired) electrons. The van der Waals surface area contributed by atoms with Crippen LogP contribution in [0.1, 0.15) is 5.56 Å². The van der Waals surface area contributed by atoms with Crippen molar-refractivity contribution in [1.82, 2.24) is 9.97 Å². The van der Waals surface area contributed by atoms with Crippen LogP contribution in [-0.4, -0.2) is 17.0 Å². The van der Waals surface area contributed by atoms with Crippen LogP contribution in [-0.2, 0) is 6.54 Å². The van der Waals surface area contributed by atoms with E-state index in [1.54, 1.807) is 19.3 Å². The SMILES string of the molecule is CNc1nccc(NCc2ccc(F)c(F)c2)n1. The Kier molecular flexibility index (Phi) is 3.66. The minimum absolute atomic E-state index is 0.358. The number of nitrogens with zero attached hydrogens (tertiary/aromatic N) is 2. The molecule has 1 heterocycles. The van der Waals surface area contributed by atoms with Crippen LogP contribution in [0, 0.1) is 11.6 Å². The Hall–Kier alpha value is -2.24. The average Bonchev–Trinajstić information content (AvgIpc) is 2.40. The Morgan fingerprint density at radius 2 is 2.00 bits per heavy atom. The maximum Gasteiger partial charge on any atom is 0.224 e. The van der Waals surface area contributed by atoms with E-state index in [1.807, 2.05) is 0 Å². The molecule has 0 unspecified atom stereocenters. The van der Waals surface area contributed by atoms with Gasteiger partial charge in [-0.05, 0) is 23.8 Å². The molecule has 0 atom stereocenters. The van der Waals surface area contributed by atoms with Gasteiger partial charge in [0.25, 0.3) is 0 Å². The van der Waals surface area contributed by atoms with E-state index in [0.29, 0.717) is 23.9 Å². The first-order valence-electron chi connectivity index (χ1n) is 5.37. The van der Waals surface area contributed by atoms with E-state index < -0.39 is 11.6 Å². The predicted octanol–water partition coefficient (Wildman–Crippen LogP) is 2.41.